The number of hydrogen-bond acceptors (Lipinski definition) is 6. The maximum atomic E-state index is 4.87. The number of benzene rings is 7. The van der Waals surface area contributed by atoms with Crippen LogP contribution in [0.5, 0.6) is 0 Å². The zero-order valence-corrected chi connectivity index (χ0v) is 68.7. The van der Waals surface area contributed by atoms with E-state index in [2.05, 4.69) is 185 Å². The molecule has 7 aromatic carbocycles. The van der Waals surface area contributed by atoms with Gasteiger partial charge in [-0.2, -0.15) is 34.5 Å². The second kappa shape index (κ2) is 41.4. The van der Waals surface area contributed by atoms with Crippen LogP contribution < -0.4 is 54.7 Å². The third kappa shape index (κ3) is 21.6. The Hall–Kier alpha value is -5.21. The minimum absolute atomic E-state index is 0. The first-order chi connectivity index (χ1) is 44.7. The molecule has 0 amide bonds. The molecule has 0 N–H and O–H groups in total. The summed E-state index contributed by atoms with van der Waals surface area (Å²) in [6, 6.07) is 69.9. The van der Waals surface area contributed by atoms with Gasteiger partial charge in [0.2, 0.25) is 0 Å². The van der Waals surface area contributed by atoms with Crippen molar-refractivity contribution in [1.29, 1.82) is 0 Å². The molecule has 13 aromatic rings. The summed E-state index contributed by atoms with van der Waals surface area (Å²) in [6.45, 7) is 19.6. The van der Waals surface area contributed by atoms with Crippen LogP contribution in [-0.2, 0) is 61.6 Å². The maximum absolute atomic E-state index is 4.87. The van der Waals surface area contributed by atoms with Crippen molar-refractivity contribution in [2.24, 2.45) is 19.5 Å². The summed E-state index contributed by atoms with van der Waals surface area (Å²) in [6.07, 6.45) is 17.4. The number of halogens is 3. The van der Waals surface area contributed by atoms with Gasteiger partial charge < -0.3 is 30.5 Å². The third-order valence-electron chi connectivity index (χ3n) is 16.0. The molecule has 0 radical (unpaired) electrons. The molecule has 1 fully saturated rings. The van der Waals surface area contributed by atoms with Gasteiger partial charge in [0.15, 0.2) is 0 Å². The summed E-state index contributed by atoms with van der Waals surface area (Å²) < 4.78 is 10.4. The van der Waals surface area contributed by atoms with Gasteiger partial charge in [-0.3, -0.25) is 29.3 Å². The Bertz CT molecular complexity index is 4360. The SMILES string of the molecule is CCCc1nc(-c2[c-]cccc2)n(C)n1.Cc1cccc(C)c1-c1cnc2c3[c-]cccc3c3cc(CC(C)(C)C)ccc3n12.Cc1cnc(-c2[c-]cccc2)n1C1CCCCC1.Cc1nc(-c2[c-]cccc2)n(C)c1C.[Br-].[Cl][Zn+].[Cl][Zn+].[Li+].[Li+].[Mg+2].[c-]1ccccc1-n1cccn1. The quantitative estimate of drug-likeness (QED) is 0.0811. The molecule has 1 aliphatic rings. The van der Waals surface area contributed by atoms with Gasteiger partial charge in [0.25, 0.3) is 0 Å². The first-order valence-corrected chi connectivity index (χ1v) is 39.1. The summed E-state index contributed by atoms with van der Waals surface area (Å²) in [5, 5.41) is 12.0. The summed E-state index contributed by atoms with van der Waals surface area (Å²) >= 11 is 1.69. The molecular weight excluding hydrogens is 1400 g/mol. The van der Waals surface area contributed by atoms with Gasteiger partial charge in [-0.1, -0.05) is 82.7 Å². The number of rotatable bonds is 9. The van der Waals surface area contributed by atoms with Gasteiger partial charge in [-0.25, -0.2) is 0 Å². The number of hydrogen-bond donors (Lipinski definition) is 0. The van der Waals surface area contributed by atoms with E-state index in [-0.39, 0.29) is 83.2 Å². The second-order valence-electron chi connectivity index (χ2n) is 23.9. The molecule has 0 aliphatic heterocycles. The van der Waals surface area contributed by atoms with E-state index in [0.29, 0.717) is 6.04 Å². The molecule has 0 saturated heterocycles. The van der Waals surface area contributed by atoms with E-state index in [1.165, 1.54) is 82.0 Å². The third-order valence-corrected chi connectivity index (χ3v) is 16.0. The van der Waals surface area contributed by atoms with Gasteiger partial charge >= 0.3 is 115 Å². The Balaban J connectivity index is 0.000000260. The van der Waals surface area contributed by atoms with Crippen LogP contribution >= 0.6 is 19.4 Å². The van der Waals surface area contributed by atoms with E-state index in [4.69, 9.17) is 24.4 Å². The van der Waals surface area contributed by atoms with E-state index in [1.54, 1.807) is 10.9 Å². The van der Waals surface area contributed by atoms with E-state index in [1.807, 2.05) is 141 Å². The fourth-order valence-electron chi connectivity index (χ4n) is 11.7. The maximum Gasteiger partial charge on any atom is 2.00 e. The molecule has 11 nitrogen and oxygen atoms in total. The number of fused-ring (bicyclic) bond motifs is 6. The fourth-order valence-corrected chi connectivity index (χ4v) is 11.7. The van der Waals surface area contributed by atoms with Crippen molar-refractivity contribution in [2.75, 3.05) is 0 Å². The van der Waals surface area contributed by atoms with Crippen LogP contribution in [0, 0.1) is 70.4 Å². The van der Waals surface area contributed by atoms with Crippen molar-refractivity contribution < 1.29 is 89.3 Å². The van der Waals surface area contributed by atoms with Crippen LogP contribution in [0.4, 0.5) is 0 Å². The average molecular weight is 1480 g/mol. The minimum Gasteiger partial charge on any atom is -0.266 e. The molecule has 6 heterocycles. The largest absolute Gasteiger partial charge is 2.00 e. The van der Waals surface area contributed by atoms with Crippen molar-refractivity contribution in [3.63, 3.8) is 0 Å². The van der Waals surface area contributed by atoms with Gasteiger partial charge in [0.05, 0.1) is 28.8 Å². The summed E-state index contributed by atoms with van der Waals surface area (Å²) in [5.41, 5.74) is 16.4. The summed E-state index contributed by atoms with van der Waals surface area (Å²) in [4.78, 5) is 18.5. The molecule has 19 heteroatoms. The molecule has 1 aliphatic carbocycles. The number of pyridine rings is 1. The van der Waals surface area contributed by atoms with Crippen molar-refractivity contribution in [2.45, 2.75) is 120 Å². The Kier molecular flexibility index (Phi) is 35.9. The van der Waals surface area contributed by atoms with Crippen LogP contribution in [0.15, 0.2) is 183 Å². The van der Waals surface area contributed by atoms with Crippen LogP contribution in [0.25, 0.3) is 78.4 Å². The Morgan fingerprint density at radius 2 is 1.21 bits per heavy atom. The van der Waals surface area contributed by atoms with Crippen LogP contribution in [0.3, 0.4) is 0 Å². The molecule has 96 heavy (non-hydrogen) atoms. The van der Waals surface area contributed by atoms with Gasteiger partial charge in [0.1, 0.15) is 5.82 Å². The van der Waals surface area contributed by atoms with E-state index >= 15 is 0 Å². The van der Waals surface area contributed by atoms with Crippen molar-refractivity contribution in [1.82, 2.24) is 53.0 Å². The zero-order chi connectivity index (χ0) is 65.7. The van der Waals surface area contributed by atoms with Gasteiger partial charge in [-0.15, -0.1) is 143 Å². The van der Waals surface area contributed by atoms with Crippen molar-refractivity contribution in [3.05, 3.63) is 252 Å². The smallest absolute Gasteiger partial charge is 0.266 e. The number of nitrogens with zero attached hydrogens (tertiary/aromatic N) is 11. The number of aryl methyl sites for hydroxylation is 6. The van der Waals surface area contributed by atoms with Crippen LogP contribution in [-0.4, -0.2) is 76.1 Å². The number of aromatic nitrogens is 11. The topological polar surface area (TPSA) is 101 Å². The molecule has 6 aromatic heterocycles. The molecule has 1 saturated carbocycles. The normalized spacial score (nSPS) is 11.5. The first kappa shape index (κ1) is 83.2. The van der Waals surface area contributed by atoms with Crippen molar-refractivity contribution in [3.8, 4) is 51.1 Å². The minimum atomic E-state index is 0. The van der Waals surface area contributed by atoms with Crippen LogP contribution in [0.1, 0.15) is 112 Å². The Labute approximate surface area is 648 Å². The number of para-hydroxylation sites is 1. The predicted octanol–water partition coefficient (Wildman–Crippen LogP) is 9.89. The summed E-state index contributed by atoms with van der Waals surface area (Å²) in [7, 11) is 13.5. The van der Waals surface area contributed by atoms with Crippen LogP contribution in [0.2, 0.25) is 0 Å². The molecular formula is C77H80BrCl2Li2MgN11Zn2. The molecule has 0 bridgehead atoms. The molecule has 0 spiro atoms. The van der Waals surface area contributed by atoms with Gasteiger partial charge in [0, 0.05) is 79.5 Å². The van der Waals surface area contributed by atoms with E-state index < -0.39 is 0 Å². The summed E-state index contributed by atoms with van der Waals surface area (Å²) in [5.74, 6) is 3.87. The molecule has 14 rings (SSSR count). The molecule has 0 atom stereocenters. The fraction of sp³-hybridized carbons (Fsp3) is 0.273. The average Bonchev–Trinajstić information content (AvgIpc) is 1.44. The zero-order valence-electron chi connectivity index (χ0n) is 58.2. The first-order valence-electron chi connectivity index (χ1n) is 31.3. The van der Waals surface area contributed by atoms with E-state index in [0.717, 1.165) is 122 Å². The Morgan fingerprint density at radius 3 is 1.75 bits per heavy atom. The van der Waals surface area contributed by atoms with Gasteiger partial charge in [-0.05, 0) is 106 Å². The monoisotopic (exact) mass is 1470 g/mol. The molecule has 0 unspecified atom stereocenters. The Morgan fingerprint density at radius 1 is 0.615 bits per heavy atom. The standard InChI is InChI=1S/C28H27N2.C16H19N2.C12H14N3.C12H13N2.C9H7N2.BrH.2ClH.2Li.Mg.2Zn/c1-18-9-8-10-19(2)26(18)25-17-29-27-22-12-7-6-11-21(22)23-15-20(16-28(3,4)5)13-14-24(23)30(25)27;1-13-12-17-16(14-8-4-2-5-9-14)18(13)15-10-6-3-7-11-15;1-3-7-11-13-12(15(2)14-11)10-8-5-4-6-9-10;1-9-10(2)14(3)12(13-9)11-7-5-4-6-8-11;1-2-5-9(6-3-1)11-8-4-7-10-11;;;;;;;;/h6-11,13-15,17H,16H2,1-5H3;2,4-5,8,12,15H,3,6-7,10-11H2,1H3;4-6,8H,3,7H2,1-2H3;4-7H,1-3H3;1-5,7-8H;3*1H;;;;;/q5*-1;;;;2*+1;3*+2/p-3. The van der Waals surface area contributed by atoms with E-state index in [9.17, 15) is 0 Å². The predicted molar refractivity (Wildman–Crippen MR) is 377 cm³/mol. The second-order valence-corrected chi connectivity index (χ2v) is 23.9. The molecule has 472 valence electrons. The number of imidazole rings is 3. The van der Waals surface area contributed by atoms with Crippen molar-refractivity contribution >= 4 is 69.8 Å².